The van der Waals surface area contributed by atoms with Crippen molar-refractivity contribution >= 4 is 11.3 Å². The molecule has 0 fully saturated rings. The topological polar surface area (TPSA) is 12.5 Å². The quantitative estimate of drug-likeness (QED) is 0.161. The van der Waals surface area contributed by atoms with Crippen LogP contribution >= 0.6 is 0 Å². The maximum absolute atomic E-state index is 6.98. The number of hydrogen-bond acceptors (Lipinski definition) is 2. The van der Waals surface area contributed by atoms with E-state index in [-0.39, 0.29) is 10.8 Å². The molecule has 0 spiro atoms. The maximum Gasteiger partial charge on any atom is 0.133 e. The molecule has 0 atom stereocenters. The van der Waals surface area contributed by atoms with Crippen LogP contribution in [0, 0.1) is 20.8 Å². The van der Waals surface area contributed by atoms with Gasteiger partial charge < -0.3 is 18.6 Å². The minimum atomic E-state index is -0.107. The molecule has 4 nitrogen and oxygen atoms in total. The largest absolute Gasteiger partial charge is 0.457 e. The summed E-state index contributed by atoms with van der Waals surface area (Å²) in [6.45, 7) is 19.5. The molecule has 3 aromatic rings. The van der Waals surface area contributed by atoms with Crippen LogP contribution in [0.15, 0.2) is 113 Å². The summed E-state index contributed by atoms with van der Waals surface area (Å²) in [6.07, 6.45) is 16.2. The summed E-state index contributed by atoms with van der Waals surface area (Å²) in [7, 11) is 13.8. The molecule has 0 bridgehead atoms. The molecule has 0 saturated heterocycles. The predicted octanol–water partition coefficient (Wildman–Crippen LogP) is 11.9. The van der Waals surface area contributed by atoms with Crippen molar-refractivity contribution in [2.24, 2.45) is 0 Å². The van der Waals surface area contributed by atoms with Gasteiger partial charge in [0.1, 0.15) is 11.5 Å². The second kappa shape index (κ2) is 16.0. The molecule has 3 aliphatic rings. The minimum Gasteiger partial charge on any atom is -0.457 e. The fourth-order valence-electron chi connectivity index (χ4n) is 9.09. The number of fused-ring (bicyclic) bond motifs is 2. The van der Waals surface area contributed by atoms with Crippen LogP contribution in [0.5, 0.6) is 5.75 Å². The van der Waals surface area contributed by atoms with E-state index in [1.807, 2.05) is 0 Å². The van der Waals surface area contributed by atoms with Gasteiger partial charge in [-0.25, -0.2) is 0 Å². The van der Waals surface area contributed by atoms with Crippen LogP contribution in [-0.2, 0) is 10.8 Å². The van der Waals surface area contributed by atoms with Gasteiger partial charge in [-0.1, -0.05) is 105 Å². The zero-order valence-corrected chi connectivity index (χ0v) is 37.2. The van der Waals surface area contributed by atoms with Gasteiger partial charge in [0.25, 0.3) is 0 Å². The summed E-state index contributed by atoms with van der Waals surface area (Å²) in [5, 5.41) is 0. The smallest absolute Gasteiger partial charge is 0.133 e. The number of allylic oxidation sites excluding steroid dienone is 9. The van der Waals surface area contributed by atoms with E-state index in [2.05, 4.69) is 181 Å². The van der Waals surface area contributed by atoms with Crippen molar-refractivity contribution in [3.8, 4) is 5.75 Å². The highest BCUT2D eigenvalue weighted by atomic mass is 16.5. The van der Waals surface area contributed by atoms with E-state index >= 15 is 0 Å². The van der Waals surface area contributed by atoms with Crippen LogP contribution in [0.25, 0.3) is 5.57 Å². The number of aryl methyl sites for hydroxylation is 3. The average Bonchev–Trinajstić information content (AvgIpc) is 3.44. The van der Waals surface area contributed by atoms with Gasteiger partial charge in [-0.05, 0) is 110 Å². The van der Waals surface area contributed by atoms with Crippen LogP contribution in [0.4, 0.5) is 5.69 Å². The molecule has 0 unspecified atom stereocenters. The molecular weight excluding hydrogens is 683 g/mol. The number of quaternary nitrogens is 2. The third-order valence-electron chi connectivity index (χ3n) is 12.3. The Bertz CT molecular complexity index is 2090. The van der Waals surface area contributed by atoms with Gasteiger partial charge >= 0.3 is 0 Å². The van der Waals surface area contributed by atoms with E-state index in [1.54, 1.807) is 0 Å². The monoisotopic (exact) mass is 754 g/mol. The Morgan fingerprint density at radius 3 is 1.98 bits per heavy atom. The number of rotatable bonds is 13. The Balaban J connectivity index is 1.44. The number of ether oxygens (including phenoxy) is 1. The van der Waals surface area contributed by atoms with Gasteiger partial charge in [0.2, 0.25) is 0 Å². The summed E-state index contributed by atoms with van der Waals surface area (Å²) in [4.78, 5) is 2.60. The fraction of sp³-hybridized carbons (Fsp3) is 0.462. The molecule has 298 valence electrons. The molecule has 4 heteroatoms. The normalized spacial score (nSPS) is 19.5. The van der Waals surface area contributed by atoms with Crippen molar-refractivity contribution < 1.29 is 13.7 Å². The molecule has 0 amide bonds. The predicted molar refractivity (Wildman–Crippen MR) is 240 cm³/mol. The molecule has 1 heterocycles. The van der Waals surface area contributed by atoms with Gasteiger partial charge in [0.15, 0.2) is 0 Å². The first-order valence-electron chi connectivity index (χ1n) is 21.2. The number of anilines is 1. The second-order valence-corrected chi connectivity index (χ2v) is 20.0. The van der Waals surface area contributed by atoms with Crippen LogP contribution in [0.3, 0.4) is 0 Å². The zero-order chi connectivity index (χ0) is 40.6. The molecule has 56 heavy (non-hydrogen) atoms. The zero-order valence-electron chi connectivity index (χ0n) is 37.2. The SMILES string of the molecule is Cc1ccc(OC2=C(/C=C/C3=C(CCC[N+](C)(C)C)c4ccc(C)cc4C3(C)C)CCC/C2=C\C=C2\N(CCC[N+](C)(C)C)c3ccc(C)cc3C2(C)C)cc1. The Morgan fingerprint density at radius 2 is 1.30 bits per heavy atom. The highest BCUT2D eigenvalue weighted by Crippen LogP contribution is 2.50. The summed E-state index contributed by atoms with van der Waals surface area (Å²) in [6, 6.07) is 22.7. The molecule has 1 aliphatic heterocycles. The molecule has 0 saturated carbocycles. The van der Waals surface area contributed by atoms with Crippen molar-refractivity contribution in [2.75, 3.05) is 66.8 Å². The van der Waals surface area contributed by atoms with E-state index in [0.717, 1.165) is 78.6 Å². The van der Waals surface area contributed by atoms with Crippen molar-refractivity contribution in [2.45, 2.75) is 97.8 Å². The average molecular weight is 754 g/mol. The third-order valence-corrected chi connectivity index (χ3v) is 12.3. The molecule has 2 aliphatic carbocycles. The van der Waals surface area contributed by atoms with Gasteiger partial charge in [-0.2, -0.15) is 0 Å². The summed E-state index contributed by atoms with van der Waals surface area (Å²) < 4.78 is 8.94. The van der Waals surface area contributed by atoms with Gasteiger partial charge in [0.05, 0.1) is 55.4 Å². The van der Waals surface area contributed by atoms with Crippen LogP contribution < -0.4 is 9.64 Å². The molecule has 6 rings (SSSR count). The van der Waals surface area contributed by atoms with Crippen LogP contribution in [-0.4, -0.2) is 70.9 Å². The van der Waals surface area contributed by atoms with E-state index in [1.165, 1.54) is 67.1 Å². The first-order chi connectivity index (χ1) is 26.2. The lowest BCUT2D eigenvalue weighted by atomic mass is 9.80. The molecule has 0 aromatic heterocycles. The molecule has 0 N–H and O–H groups in total. The third kappa shape index (κ3) is 9.19. The van der Waals surface area contributed by atoms with E-state index in [4.69, 9.17) is 4.74 Å². The van der Waals surface area contributed by atoms with Crippen molar-refractivity contribution in [3.05, 3.63) is 147 Å². The number of nitrogens with zero attached hydrogens (tertiary/aromatic N) is 3. The maximum atomic E-state index is 6.98. The van der Waals surface area contributed by atoms with E-state index in [9.17, 15) is 0 Å². The van der Waals surface area contributed by atoms with E-state index < -0.39 is 0 Å². The lowest BCUT2D eigenvalue weighted by molar-refractivity contribution is -0.870. The van der Waals surface area contributed by atoms with Crippen molar-refractivity contribution in [1.29, 1.82) is 0 Å². The Morgan fingerprint density at radius 1 is 0.679 bits per heavy atom. The fourth-order valence-corrected chi connectivity index (χ4v) is 9.09. The summed E-state index contributed by atoms with van der Waals surface area (Å²) in [5.74, 6) is 1.91. The highest BCUT2D eigenvalue weighted by molar-refractivity contribution is 5.82. The van der Waals surface area contributed by atoms with Crippen LogP contribution in [0.2, 0.25) is 0 Å². The van der Waals surface area contributed by atoms with E-state index in [0.29, 0.717) is 0 Å². The number of benzene rings is 3. The highest BCUT2D eigenvalue weighted by Gasteiger charge is 2.40. The molecule has 3 aromatic carbocycles. The van der Waals surface area contributed by atoms with Gasteiger partial charge in [0, 0.05) is 41.6 Å². The summed E-state index contributed by atoms with van der Waals surface area (Å²) >= 11 is 0. The Kier molecular flexibility index (Phi) is 11.9. The van der Waals surface area contributed by atoms with Crippen LogP contribution in [0.1, 0.15) is 99.6 Å². The lowest BCUT2D eigenvalue weighted by Crippen LogP contribution is -2.37. The van der Waals surface area contributed by atoms with Gasteiger partial charge in [-0.15, -0.1) is 0 Å². The minimum absolute atomic E-state index is 0.0726. The lowest BCUT2D eigenvalue weighted by Gasteiger charge is -2.29. The standard InChI is InChI=1S/C52H71N3O/c1-37-20-26-42(27-21-37)56-50-40(24-29-45-43(19-15-33-54(8,9)10)44-28-22-38(2)35-46(44)51(45,4)5)17-14-18-41(50)25-31-49-52(6,7)47-36-39(3)23-30-48(47)53(49)32-16-34-55(11,12)13/h20-31,35-36H,14-19,32-34H2,1-13H3/q+2/b29-24+,41-25+,49-31+. The number of hydrogen-bond donors (Lipinski definition) is 0. The van der Waals surface area contributed by atoms with Crippen molar-refractivity contribution in [1.82, 2.24) is 0 Å². The Labute approximate surface area is 340 Å². The summed E-state index contributed by atoms with van der Waals surface area (Å²) in [5.41, 5.74) is 16.3. The molecule has 0 radical (unpaired) electrons. The van der Waals surface area contributed by atoms with Crippen molar-refractivity contribution in [3.63, 3.8) is 0 Å². The second-order valence-electron chi connectivity index (χ2n) is 20.0. The molecular formula is C52H71N3O+2. The first-order valence-corrected chi connectivity index (χ1v) is 21.2. The first kappa shape index (κ1) is 41.5. The van der Waals surface area contributed by atoms with Gasteiger partial charge in [-0.3, -0.25) is 0 Å². The Hall–Kier alpha value is -4.12.